The number of nitrogens with one attached hydrogen (secondary N) is 2. The Bertz CT molecular complexity index is 1080. The maximum atomic E-state index is 13.2. The van der Waals surface area contributed by atoms with E-state index in [2.05, 4.69) is 31.7 Å². The predicted octanol–water partition coefficient (Wildman–Crippen LogP) is 6.07. The molecular weight excluding hydrogens is 488 g/mol. The average Bonchev–Trinajstić information content (AvgIpc) is 3.28. The molecule has 1 saturated carbocycles. The van der Waals surface area contributed by atoms with Gasteiger partial charge < -0.3 is 5.32 Å². The summed E-state index contributed by atoms with van der Waals surface area (Å²) in [6.07, 6.45) is 5.31. The maximum Gasteiger partial charge on any atom is 0.343 e. The Balaban J connectivity index is 1.57. The third kappa shape index (κ3) is 5.55. The van der Waals surface area contributed by atoms with Crippen molar-refractivity contribution in [2.24, 2.45) is 0 Å². The lowest BCUT2D eigenvalue weighted by Crippen LogP contribution is -2.53. The standard InChI is InChI=1S/C24H25BrN4O2S/c1-16-7-9-18(10-8-16)22(30)28-29(23(31)26-20-5-3-2-4-6-20)24-27-21(15-32-24)17-11-13-19(25)14-12-17/h7-15,20H,2-6H2,1H3,(H,26,31)(H,28,30). The molecule has 0 unspecified atom stereocenters. The van der Waals surface area contributed by atoms with Crippen molar-refractivity contribution in [3.05, 3.63) is 69.5 Å². The molecule has 6 nitrogen and oxygen atoms in total. The van der Waals surface area contributed by atoms with Gasteiger partial charge in [-0.05, 0) is 44.0 Å². The van der Waals surface area contributed by atoms with Crippen LogP contribution in [0.25, 0.3) is 11.3 Å². The summed E-state index contributed by atoms with van der Waals surface area (Å²) < 4.78 is 0.982. The first kappa shape index (κ1) is 22.5. The number of nitrogens with zero attached hydrogens (tertiary/aromatic N) is 2. The van der Waals surface area contributed by atoms with E-state index in [1.807, 2.05) is 48.7 Å². The van der Waals surface area contributed by atoms with E-state index in [0.717, 1.165) is 47.0 Å². The number of carbonyl (C=O) groups excluding carboxylic acids is 2. The molecule has 0 spiro atoms. The fourth-order valence-corrected chi connectivity index (χ4v) is 4.72. The van der Waals surface area contributed by atoms with E-state index in [9.17, 15) is 9.59 Å². The quantitative estimate of drug-likeness (QED) is 0.416. The van der Waals surface area contributed by atoms with E-state index < -0.39 is 0 Å². The van der Waals surface area contributed by atoms with Crippen LogP contribution < -0.4 is 15.8 Å². The summed E-state index contributed by atoms with van der Waals surface area (Å²) >= 11 is 4.75. The van der Waals surface area contributed by atoms with Crippen molar-refractivity contribution in [2.75, 3.05) is 5.01 Å². The molecule has 0 bridgehead atoms. The summed E-state index contributed by atoms with van der Waals surface area (Å²) in [5.41, 5.74) is 5.99. The first-order valence-electron chi connectivity index (χ1n) is 10.7. The van der Waals surface area contributed by atoms with Crippen molar-refractivity contribution in [3.63, 3.8) is 0 Å². The number of benzene rings is 2. The van der Waals surface area contributed by atoms with Gasteiger partial charge in [-0.15, -0.1) is 11.3 Å². The molecule has 1 aliphatic rings. The van der Waals surface area contributed by atoms with Gasteiger partial charge in [-0.3, -0.25) is 10.2 Å². The molecule has 3 amide bonds. The van der Waals surface area contributed by atoms with Gasteiger partial charge in [-0.1, -0.05) is 65.0 Å². The summed E-state index contributed by atoms with van der Waals surface area (Å²) in [5.74, 6) is -0.357. The maximum absolute atomic E-state index is 13.2. The number of halogens is 1. The topological polar surface area (TPSA) is 74.3 Å². The zero-order valence-corrected chi connectivity index (χ0v) is 20.2. The second-order valence-corrected chi connectivity index (χ2v) is 9.70. The van der Waals surface area contributed by atoms with E-state index >= 15 is 0 Å². The zero-order chi connectivity index (χ0) is 22.5. The van der Waals surface area contributed by atoms with Gasteiger partial charge in [0, 0.05) is 27.0 Å². The Labute approximate surface area is 200 Å². The summed E-state index contributed by atoms with van der Waals surface area (Å²) in [6.45, 7) is 1.96. The number of hydrogen-bond donors (Lipinski definition) is 2. The highest BCUT2D eigenvalue weighted by atomic mass is 79.9. The molecule has 0 atom stereocenters. The second-order valence-electron chi connectivity index (χ2n) is 7.95. The Kier molecular flexibility index (Phi) is 7.22. The molecule has 3 aromatic rings. The summed E-state index contributed by atoms with van der Waals surface area (Å²) in [4.78, 5) is 30.7. The molecule has 1 fully saturated rings. The van der Waals surface area contributed by atoms with Crippen molar-refractivity contribution in [1.29, 1.82) is 0 Å². The molecule has 2 aromatic carbocycles. The van der Waals surface area contributed by atoms with Crippen LogP contribution in [0.1, 0.15) is 48.0 Å². The fourth-order valence-electron chi connectivity index (χ4n) is 3.66. The highest BCUT2D eigenvalue weighted by Crippen LogP contribution is 2.28. The van der Waals surface area contributed by atoms with Crippen LogP contribution in [0.4, 0.5) is 9.93 Å². The van der Waals surface area contributed by atoms with E-state index in [-0.39, 0.29) is 18.0 Å². The van der Waals surface area contributed by atoms with E-state index in [1.54, 1.807) is 12.1 Å². The largest absolute Gasteiger partial charge is 0.343 e. The van der Waals surface area contributed by atoms with Gasteiger partial charge in [0.25, 0.3) is 5.91 Å². The molecule has 0 aliphatic heterocycles. The van der Waals surface area contributed by atoms with Gasteiger partial charge >= 0.3 is 6.03 Å². The van der Waals surface area contributed by atoms with Gasteiger partial charge in [-0.2, -0.15) is 5.01 Å². The molecule has 1 aliphatic carbocycles. The molecule has 0 radical (unpaired) electrons. The van der Waals surface area contributed by atoms with Crippen LogP contribution in [0.3, 0.4) is 0 Å². The molecule has 0 saturated heterocycles. The van der Waals surface area contributed by atoms with Crippen LogP contribution >= 0.6 is 27.3 Å². The Hall–Kier alpha value is -2.71. The van der Waals surface area contributed by atoms with Crippen LogP contribution in [-0.2, 0) is 0 Å². The van der Waals surface area contributed by atoms with Gasteiger partial charge in [-0.25, -0.2) is 9.78 Å². The minimum absolute atomic E-state index is 0.112. The number of thiazole rings is 1. The molecule has 32 heavy (non-hydrogen) atoms. The van der Waals surface area contributed by atoms with Crippen LogP contribution in [0.5, 0.6) is 0 Å². The van der Waals surface area contributed by atoms with Gasteiger partial charge in [0.1, 0.15) is 0 Å². The van der Waals surface area contributed by atoms with E-state index in [4.69, 9.17) is 0 Å². The second kappa shape index (κ2) is 10.3. The number of hydrazine groups is 1. The summed E-state index contributed by atoms with van der Waals surface area (Å²) in [7, 11) is 0. The lowest BCUT2D eigenvalue weighted by molar-refractivity contribution is 0.0949. The summed E-state index contributed by atoms with van der Waals surface area (Å²) in [5, 5.41) is 6.61. The molecular formula is C24H25BrN4O2S. The van der Waals surface area contributed by atoms with Crippen molar-refractivity contribution in [1.82, 2.24) is 15.7 Å². The number of hydrogen-bond acceptors (Lipinski definition) is 4. The normalized spacial score (nSPS) is 14.1. The molecule has 8 heteroatoms. The highest BCUT2D eigenvalue weighted by Gasteiger charge is 2.25. The molecule has 166 valence electrons. The van der Waals surface area contributed by atoms with Crippen molar-refractivity contribution in [2.45, 2.75) is 45.1 Å². The Morgan fingerprint density at radius 2 is 1.72 bits per heavy atom. The van der Waals surface area contributed by atoms with Crippen molar-refractivity contribution < 1.29 is 9.59 Å². The van der Waals surface area contributed by atoms with Crippen LogP contribution in [0.15, 0.2) is 58.4 Å². The van der Waals surface area contributed by atoms with E-state index in [1.165, 1.54) is 22.8 Å². The van der Waals surface area contributed by atoms with Crippen molar-refractivity contribution in [3.8, 4) is 11.3 Å². The van der Waals surface area contributed by atoms with Crippen molar-refractivity contribution >= 4 is 44.3 Å². The number of aryl methyl sites for hydroxylation is 1. The molecule has 1 aromatic heterocycles. The minimum Gasteiger partial charge on any atom is -0.333 e. The lowest BCUT2D eigenvalue weighted by Gasteiger charge is -2.27. The predicted molar refractivity (Wildman–Crippen MR) is 132 cm³/mol. The number of amides is 3. The zero-order valence-electron chi connectivity index (χ0n) is 17.8. The first-order valence-corrected chi connectivity index (χ1v) is 12.4. The Morgan fingerprint density at radius 1 is 1.03 bits per heavy atom. The average molecular weight is 513 g/mol. The third-order valence-electron chi connectivity index (χ3n) is 5.49. The summed E-state index contributed by atoms with van der Waals surface area (Å²) in [6, 6.07) is 14.8. The number of carbonyl (C=O) groups is 2. The van der Waals surface area contributed by atoms with Gasteiger partial charge in [0.15, 0.2) is 0 Å². The van der Waals surface area contributed by atoms with Gasteiger partial charge in [0.2, 0.25) is 5.13 Å². The van der Waals surface area contributed by atoms with Crippen LogP contribution in [0, 0.1) is 6.92 Å². The highest BCUT2D eigenvalue weighted by molar-refractivity contribution is 9.10. The van der Waals surface area contributed by atoms with E-state index in [0.29, 0.717) is 10.7 Å². The number of rotatable bonds is 4. The number of urea groups is 1. The van der Waals surface area contributed by atoms with Crippen LogP contribution in [-0.4, -0.2) is 23.0 Å². The molecule has 4 rings (SSSR count). The lowest BCUT2D eigenvalue weighted by atomic mass is 9.96. The molecule has 1 heterocycles. The van der Waals surface area contributed by atoms with Crippen LogP contribution in [0.2, 0.25) is 0 Å². The number of aromatic nitrogens is 1. The SMILES string of the molecule is Cc1ccc(C(=O)NN(C(=O)NC2CCCCC2)c2nc(-c3ccc(Br)cc3)cs2)cc1. The molecule has 2 N–H and O–H groups in total. The fraction of sp³-hybridized carbons (Fsp3) is 0.292. The monoisotopic (exact) mass is 512 g/mol. The smallest absolute Gasteiger partial charge is 0.333 e. The van der Waals surface area contributed by atoms with Gasteiger partial charge in [0.05, 0.1) is 5.69 Å². The first-order chi connectivity index (χ1) is 15.5. The third-order valence-corrected chi connectivity index (χ3v) is 6.84. The minimum atomic E-state index is -0.367. The number of anilines is 1. The Morgan fingerprint density at radius 3 is 2.41 bits per heavy atom.